The van der Waals surface area contributed by atoms with Crippen LogP contribution in [0.3, 0.4) is 0 Å². The van der Waals surface area contributed by atoms with Crippen LogP contribution in [0.1, 0.15) is 37.2 Å². The van der Waals surface area contributed by atoms with E-state index in [9.17, 15) is 4.79 Å². The Labute approximate surface area is 114 Å². The van der Waals surface area contributed by atoms with Gasteiger partial charge in [-0.15, -0.1) is 0 Å². The van der Waals surface area contributed by atoms with Crippen LogP contribution in [0, 0.1) is 5.41 Å². The second-order valence-electron chi connectivity index (χ2n) is 5.64. The van der Waals surface area contributed by atoms with Crippen molar-refractivity contribution in [3.63, 3.8) is 0 Å². The lowest BCUT2D eigenvalue weighted by atomic mass is 9.82. The van der Waals surface area contributed by atoms with E-state index in [1.807, 2.05) is 20.2 Å². The highest BCUT2D eigenvalue weighted by molar-refractivity contribution is 5.92. The maximum absolute atomic E-state index is 12.3. The number of carbonyl (C=O) groups is 1. The maximum Gasteiger partial charge on any atom is 0.274 e. The van der Waals surface area contributed by atoms with Crippen molar-refractivity contribution in [2.24, 2.45) is 5.41 Å². The number of rotatable bonds is 4. The first-order valence-electron chi connectivity index (χ1n) is 6.91. The fourth-order valence-corrected chi connectivity index (χ4v) is 2.51. The molecule has 5 nitrogen and oxygen atoms in total. The number of hydrogen-bond donors (Lipinski definition) is 0. The van der Waals surface area contributed by atoms with E-state index in [1.54, 1.807) is 15.6 Å². The second kappa shape index (κ2) is 5.74. The molecule has 1 fully saturated rings. The number of carbonyl (C=O) groups excluding carboxylic acids is 1. The van der Waals surface area contributed by atoms with Gasteiger partial charge in [0, 0.05) is 39.5 Å². The molecule has 5 heteroatoms. The maximum atomic E-state index is 12.3. The van der Waals surface area contributed by atoms with E-state index in [0.29, 0.717) is 5.69 Å². The zero-order valence-electron chi connectivity index (χ0n) is 12.1. The van der Waals surface area contributed by atoms with Crippen LogP contribution in [0.15, 0.2) is 12.3 Å². The van der Waals surface area contributed by atoms with Crippen molar-refractivity contribution in [2.75, 3.05) is 26.8 Å². The Morgan fingerprint density at radius 3 is 2.79 bits per heavy atom. The molecule has 1 aliphatic heterocycles. The molecular formula is C14H23N3O2. The van der Waals surface area contributed by atoms with Gasteiger partial charge in [0.15, 0.2) is 0 Å². The van der Waals surface area contributed by atoms with Gasteiger partial charge in [-0.3, -0.25) is 9.48 Å². The standard InChI is InChI=1S/C14H23N3O2/c1-4-17-8-5-12(15-17)13(18)16(3)11-14(2)6-9-19-10-7-14/h5,8H,4,6-7,9-11H2,1-3H3. The van der Waals surface area contributed by atoms with Gasteiger partial charge in [0.1, 0.15) is 5.69 Å². The highest BCUT2D eigenvalue weighted by Gasteiger charge is 2.30. The number of ether oxygens (including phenoxy) is 1. The van der Waals surface area contributed by atoms with E-state index in [4.69, 9.17) is 4.74 Å². The van der Waals surface area contributed by atoms with E-state index < -0.39 is 0 Å². The Morgan fingerprint density at radius 2 is 2.21 bits per heavy atom. The molecule has 1 saturated heterocycles. The van der Waals surface area contributed by atoms with Crippen LogP contribution < -0.4 is 0 Å². The summed E-state index contributed by atoms with van der Waals surface area (Å²) < 4.78 is 7.17. The minimum Gasteiger partial charge on any atom is -0.381 e. The molecule has 2 heterocycles. The second-order valence-corrected chi connectivity index (χ2v) is 5.64. The van der Waals surface area contributed by atoms with Gasteiger partial charge in [-0.25, -0.2) is 0 Å². The minimum absolute atomic E-state index is 0.0000770. The van der Waals surface area contributed by atoms with Gasteiger partial charge in [-0.2, -0.15) is 5.10 Å². The monoisotopic (exact) mass is 265 g/mol. The fourth-order valence-electron chi connectivity index (χ4n) is 2.51. The zero-order chi connectivity index (χ0) is 13.9. The number of aryl methyl sites for hydroxylation is 1. The van der Waals surface area contributed by atoms with Crippen molar-refractivity contribution in [3.05, 3.63) is 18.0 Å². The van der Waals surface area contributed by atoms with Crippen LogP contribution in [0.25, 0.3) is 0 Å². The van der Waals surface area contributed by atoms with E-state index in [-0.39, 0.29) is 11.3 Å². The third-order valence-corrected chi connectivity index (χ3v) is 3.85. The minimum atomic E-state index is -0.0000770. The first-order valence-corrected chi connectivity index (χ1v) is 6.91. The molecule has 106 valence electrons. The van der Waals surface area contributed by atoms with Crippen molar-refractivity contribution < 1.29 is 9.53 Å². The fraction of sp³-hybridized carbons (Fsp3) is 0.714. The molecule has 0 N–H and O–H groups in total. The Balaban J connectivity index is 1.98. The molecule has 1 aliphatic rings. The van der Waals surface area contributed by atoms with Gasteiger partial charge in [0.2, 0.25) is 0 Å². The molecule has 2 rings (SSSR count). The molecule has 19 heavy (non-hydrogen) atoms. The first kappa shape index (κ1) is 14.1. The summed E-state index contributed by atoms with van der Waals surface area (Å²) in [6.07, 6.45) is 3.86. The molecule has 1 aromatic rings. The lowest BCUT2D eigenvalue weighted by Gasteiger charge is -2.36. The predicted octanol–water partition coefficient (Wildman–Crippen LogP) is 1.79. The molecule has 0 unspecified atom stereocenters. The number of aromatic nitrogens is 2. The Hall–Kier alpha value is -1.36. The Kier molecular flexibility index (Phi) is 4.24. The average molecular weight is 265 g/mol. The third-order valence-electron chi connectivity index (χ3n) is 3.85. The van der Waals surface area contributed by atoms with Crippen LogP contribution in [0.4, 0.5) is 0 Å². The van der Waals surface area contributed by atoms with Gasteiger partial charge in [0.25, 0.3) is 5.91 Å². The molecule has 0 aliphatic carbocycles. The van der Waals surface area contributed by atoms with Crippen LogP contribution in [-0.4, -0.2) is 47.4 Å². The van der Waals surface area contributed by atoms with Gasteiger partial charge in [0.05, 0.1) is 0 Å². The van der Waals surface area contributed by atoms with Crippen LogP contribution in [-0.2, 0) is 11.3 Å². The van der Waals surface area contributed by atoms with Crippen molar-refractivity contribution in [1.82, 2.24) is 14.7 Å². The highest BCUT2D eigenvalue weighted by Crippen LogP contribution is 2.30. The predicted molar refractivity (Wildman–Crippen MR) is 73.0 cm³/mol. The summed E-state index contributed by atoms with van der Waals surface area (Å²) in [5.74, 6) is -0.0000770. The molecular weight excluding hydrogens is 242 g/mol. The number of hydrogen-bond acceptors (Lipinski definition) is 3. The molecule has 1 aromatic heterocycles. The topological polar surface area (TPSA) is 47.4 Å². The van der Waals surface area contributed by atoms with Crippen molar-refractivity contribution in [1.29, 1.82) is 0 Å². The van der Waals surface area contributed by atoms with Crippen LogP contribution in [0.5, 0.6) is 0 Å². The van der Waals surface area contributed by atoms with Gasteiger partial charge in [-0.05, 0) is 31.2 Å². The van der Waals surface area contributed by atoms with E-state index in [2.05, 4.69) is 12.0 Å². The summed E-state index contributed by atoms with van der Waals surface area (Å²) in [6, 6.07) is 1.79. The third kappa shape index (κ3) is 3.35. The number of amides is 1. The first-order chi connectivity index (χ1) is 9.04. The molecule has 0 bridgehead atoms. The molecule has 0 radical (unpaired) electrons. The lowest BCUT2D eigenvalue weighted by Crippen LogP contribution is -2.40. The summed E-state index contributed by atoms with van der Waals surface area (Å²) in [5.41, 5.74) is 0.690. The molecule has 1 amide bonds. The van der Waals surface area contributed by atoms with E-state index >= 15 is 0 Å². The smallest absolute Gasteiger partial charge is 0.274 e. The lowest BCUT2D eigenvalue weighted by molar-refractivity contribution is 0.00905. The highest BCUT2D eigenvalue weighted by atomic mass is 16.5. The quantitative estimate of drug-likeness (QED) is 0.834. The molecule has 0 aromatic carbocycles. The van der Waals surface area contributed by atoms with Crippen LogP contribution in [0.2, 0.25) is 0 Å². The summed E-state index contributed by atoms with van der Waals surface area (Å²) in [5, 5.41) is 4.27. The van der Waals surface area contributed by atoms with Gasteiger partial charge >= 0.3 is 0 Å². The van der Waals surface area contributed by atoms with Crippen LogP contribution >= 0.6 is 0 Å². The zero-order valence-corrected chi connectivity index (χ0v) is 12.1. The largest absolute Gasteiger partial charge is 0.381 e. The van der Waals surface area contributed by atoms with Crippen molar-refractivity contribution >= 4 is 5.91 Å². The molecule has 0 atom stereocenters. The summed E-state index contributed by atoms with van der Waals surface area (Å²) in [7, 11) is 1.86. The van der Waals surface area contributed by atoms with Gasteiger partial charge < -0.3 is 9.64 Å². The van der Waals surface area contributed by atoms with E-state index in [1.165, 1.54) is 0 Å². The SMILES string of the molecule is CCn1ccc(C(=O)N(C)CC2(C)CCOCC2)n1. The summed E-state index contributed by atoms with van der Waals surface area (Å²) in [6.45, 7) is 7.37. The van der Waals surface area contributed by atoms with E-state index in [0.717, 1.165) is 39.1 Å². The number of nitrogens with zero attached hydrogens (tertiary/aromatic N) is 3. The average Bonchev–Trinajstić information content (AvgIpc) is 2.86. The summed E-state index contributed by atoms with van der Waals surface area (Å²) in [4.78, 5) is 14.1. The van der Waals surface area contributed by atoms with Crippen molar-refractivity contribution in [2.45, 2.75) is 33.2 Å². The summed E-state index contributed by atoms with van der Waals surface area (Å²) >= 11 is 0. The molecule has 0 saturated carbocycles. The Morgan fingerprint density at radius 1 is 1.53 bits per heavy atom. The normalized spacial score (nSPS) is 18.3. The molecule has 0 spiro atoms. The van der Waals surface area contributed by atoms with Crippen molar-refractivity contribution in [3.8, 4) is 0 Å². The van der Waals surface area contributed by atoms with Gasteiger partial charge in [-0.1, -0.05) is 6.92 Å². The Bertz CT molecular complexity index is 436.